The number of nitrogens with one attached hydrogen (secondary N) is 2. The molecule has 3 aliphatic rings. The number of H-pyrrole nitrogens is 1. The molecule has 0 aliphatic carbocycles. The quantitative estimate of drug-likeness (QED) is 0.143. The first-order valence-electron chi connectivity index (χ1n) is 16.4. The Morgan fingerprint density at radius 1 is 0.960 bits per heavy atom. The van der Waals surface area contributed by atoms with Crippen molar-refractivity contribution in [2.75, 3.05) is 40.5 Å². The van der Waals surface area contributed by atoms with Crippen LogP contribution < -0.4 is 19.8 Å². The van der Waals surface area contributed by atoms with Crippen LogP contribution in [0.3, 0.4) is 0 Å². The molecule has 0 radical (unpaired) electrons. The van der Waals surface area contributed by atoms with Crippen molar-refractivity contribution in [3.63, 3.8) is 0 Å². The number of ether oxygens (including phenoxy) is 4. The SMILES string of the molecule is COc1ccc([C@H](Cc2c(Cl)c[nH+]cc2Cl)OC(=O)c2ccc(CNC(C(=O)OC[C@@H]3CN4CCC3CC4)c3ccccc3)s2)cc1OC.[OH-]. The van der Waals surface area contributed by atoms with Gasteiger partial charge in [0.2, 0.25) is 0 Å². The summed E-state index contributed by atoms with van der Waals surface area (Å²) >= 11 is 14.3. The normalized spacial score (nSPS) is 19.2. The number of nitrogens with zero attached hydrogens (tertiary/aromatic N) is 1. The number of aromatic nitrogens is 1. The Morgan fingerprint density at radius 3 is 2.34 bits per heavy atom. The Morgan fingerprint density at radius 2 is 1.68 bits per heavy atom. The fourth-order valence-corrected chi connectivity index (χ4v) is 8.02. The van der Waals surface area contributed by atoms with Gasteiger partial charge < -0.3 is 29.3 Å². The van der Waals surface area contributed by atoms with E-state index >= 15 is 0 Å². The van der Waals surface area contributed by atoms with Gasteiger partial charge in [0.15, 0.2) is 23.9 Å². The smallest absolute Gasteiger partial charge is 0.348 e. The minimum absolute atomic E-state index is 0. The number of piperidine rings is 3. The molecule has 3 aliphatic heterocycles. The van der Waals surface area contributed by atoms with Gasteiger partial charge in [0.1, 0.15) is 27.1 Å². The van der Waals surface area contributed by atoms with E-state index in [4.69, 9.17) is 42.1 Å². The highest BCUT2D eigenvalue weighted by Gasteiger charge is 2.35. The number of rotatable bonds is 14. The predicted octanol–water partition coefficient (Wildman–Crippen LogP) is 6.57. The molecule has 0 saturated carbocycles. The standard InChI is InChI=1S/C37H39Cl2N3O6S.H2O/c1-45-31-10-8-25(16-33(31)46-2)32(17-28-29(38)19-40-20-30(28)39)48-36(43)34-11-9-27(49-34)18-41-35(24-6-4-3-5-7-24)37(44)47-22-26-21-42-14-12-23(26)13-15-42;/h3-11,16,19-20,23,26,32,35,41H,12-15,17-18,21-22H2,1-2H3;1H2/t26-,32-,35?;/m0./s1. The van der Waals surface area contributed by atoms with Crippen molar-refractivity contribution in [1.29, 1.82) is 0 Å². The van der Waals surface area contributed by atoms with E-state index < -0.39 is 18.1 Å². The van der Waals surface area contributed by atoms with Crippen LogP contribution in [-0.2, 0) is 27.2 Å². The van der Waals surface area contributed by atoms with Crippen molar-refractivity contribution in [3.05, 3.63) is 110 Å². The zero-order valence-corrected chi connectivity index (χ0v) is 30.2. The Labute approximate surface area is 305 Å². The number of benzene rings is 2. The van der Waals surface area contributed by atoms with E-state index in [1.54, 1.807) is 44.8 Å². The lowest BCUT2D eigenvalue weighted by Crippen LogP contribution is -2.49. The number of carbonyl (C=O) groups is 2. The Hall–Kier alpha value is -3.71. The number of hydrogen-bond acceptors (Lipinski definition) is 10. The van der Waals surface area contributed by atoms with Crippen LogP contribution in [0.4, 0.5) is 0 Å². The number of thiophene rings is 1. The molecule has 2 aromatic carbocycles. The molecular weight excluding hydrogens is 701 g/mol. The third-order valence-electron chi connectivity index (χ3n) is 9.36. The summed E-state index contributed by atoms with van der Waals surface area (Å²) in [5.41, 5.74) is 2.15. The minimum Gasteiger partial charge on any atom is -0.870 e. The zero-order chi connectivity index (χ0) is 34.3. The summed E-state index contributed by atoms with van der Waals surface area (Å²) in [5.74, 6) is 1.25. The molecule has 0 spiro atoms. The van der Waals surface area contributed by atoms with E-state index in [0.717, 1.165) is 30.1 Å². The molecule has 2 bridgehead atoms. The van der Waals surface area contributed by atoms with Crippen molar-refractivity contribution in [1.82, 2.24) is 10.2 Å². The Balaban J connectivity index is 0.00000486. The zero-order valence-electron chi connectivity index (χ0n) is 27.9. The molecule has 1 unspecified atom stereocenters. The minimum atomic E-state index is -0.734. The van der Waals surface area contributed by atoms with Gasteiger partial charge in [-0.15, -0.1) is 11.3 Å². The van der Waals surface area contributed by atoms with Crippen molar-refractivity contribution < 1.29 is 39.0 Å². The topological polar surface area (TPSA) is 130 Å². The van der Waals surface area contributed by atoms with Crippen LogP contribution in [0.25, 0.3) is 0 Å². The largest absolute Gasteiger partial charge is 0.870 e. The molecule has 13 heteroatoms. The number of aromatic amines is 1. The highest BCUT2D eigenvalue weighted by molar-refractivity contribution is 7.13. The van der Waals surface area contributed by atoms with Crippen molar-refractivity contribution >= 4 is 46.5 Å². The molecule has 2 aromatic heterocycles. The van der Waals surface area contributed by atoms with E-state index in [1.807, 2.05) is 42.5 Å². The molecule has 0 amide bonds. The van der Waals surface area contributed by atoms with Gasteiger partial charge in [-0.25, -0.2) is 14.6 Å². The second kappa shape index (κ2) is 17.5. The second-order valence-electron chi connectivity index (χ2n) is 12.4. The fraction of sp³-hybridized carbons (Fsp3) is 0.378. The molecule has 50 heavy (non-hydrogen) atoms. The molecule has 7 rings (SSSR count). The van der Waals surface area contributed by atoms with Gasteiger partial charge in [-0.05, 0) is 67.2 Å². The van der Waals surface area contributed by atoms with E-state index in [2.05, 4.69) is 15.2 Å². The Kier molecular flexibility index (Phi) is 13.1. The van der Waals surface area contributed by atoms with E-state index in [1.165, 1.54) is 24.2 Å². The summed E-state index contributed by atoms with van der Waals surface area (Å²) < 4.78 is 23.0. The van der Waals surface area contributed by atoms with Crippen LogP contribution in [0.5, 0.6) is 11.5 Å². The summed E-state index contributed by atoms with van der Waals surface area (Å²) in [6.07, 6.45) is 5.10. The van der Waals surface area contributed by atoms with Crippen molar-refractivity contribution in [2.45, 2.75) is 38.0 Å². The number of carbonyl (C=O) groups excluding carboxylic acids is 2. The molecular formula is C37H41Cl2N3O7S. The number of esters is 2. The van der Waals surface area contributed by atoms with E-state index in [9.17, 15) is 9.59 Å². The van der Waals surface area contributed by atoms with E-state index in [-0.39, 0.29) is 17.9 Å². The molecule has 3 atom stereocenters. The Bertz CT molecular complexity index is 1730. The maximum Gasteiger partial charge on any atom is 0.348 e. The summed E-state index contributed by atoms with van der Waals surface area (Å²) in [4.78, 5) is 33.7. The lowest BCUT2D eigenvalue weighted by molar-refractivity contribution is -0.377. The van der Waals surface area contributed by atoms with Crippen molar-refractivity contribution in [3.8, 4) is 11.5 Å². The van der Waals surface area contributed by atoms with Gasteiger partial charge in [0, 0.05) is 35.9 Å². The molecule has 10 nitrogen and oxygen atoms in total. The molecule has 3 saturated heterocycles. The van der Waals surface area contributed by atoms with Crippen LogP contribution in [0, 0.1) is 11.8 Å². The highest BCUT2D eigenvalue weighted by Crippen LogP contribution is 2.36. The monoisotopic (exact) mass is 741 g/mol. The summed E-state index contributed by atoms with van der Waals surface area (Å²) in [6, 6.07) is 17.9. The van der Waals surface area contributed by atoms with Gasteiger partial charge in [0.25, 0.3) is 0 Å². The van der Waals surface area contributed by atoms with Crippen LogP contribution >= 0.6 is 34.5 Å². The molecule has 3 N–H and O–H groups in total. The molecule has 4 aromatic rings. The molecule has 5 heterocycles. The fourth-order valence-electron chi connectivity index (χ4n) is 6.64. The number of pyridine rings is 1. The van der Waals surface area contributed by atoms with Crippen LogP contribution in [0.15, 0.2) is 73.1 Å². The average Bonchev–Trinajstić information content (AvgIpc) is 3.62. The third-order valence-corrected chi connectivity index (χ3v) is 11.1. The second-order valence-corrected chi connectivity index (χ2v) is 14.3. The summed E-state index contributed by atoms with van der Waals surface area (Å²) in [7, 11) is 3.10. The number of fused-ring (bicyclic) bond motifs is 3. The number of hydrogen-bond donors (Lipinski definition) is 1. The third kappa shape index (κ3) is 8.95. The van der Waals surface area contributed by atoms with Crippen LogP contribution in [0.1, 0.15) is 56.2 Å². The lowest BCUT2D eigenvalue weighted by atomic mass is 9.79. The first kappa shape index (κ1) is 37.5. The molecule has 266 valence electrons. The van der Waals surface area contributed by atoms with Gasteiger partial charge in [0.05, 0.1) is 20.8 Å². The van der Waals surface area contributed by atoms with Gasteiger partial charge in [-0.1, -0.05) is 59.6 Å². The number of halogens is 2. The molecule has 3 fully saturated rings. The summed E-state index contributed by atoms with van der Waals surface area (Å²) in [6.45, 7) is 4.07. The lowest BCUT2D eigenvalue weighted by Gasteiger charge is -2.44. The number of methoxy groups -OCH3 is 2. The van der Waals surface area contributed by atoms with Crippen molar-refractivity contribution in [2.24, 2.45) is 11.8 Å². The maximum atomic E-state index is 13.6. The summed E-state index contributed by atoms with van der Waals surface area (Å²) in [5, 5.41) is 4.23. The van der Waals surface area contributed by atoms with Crippen LogP contribution in [-0.4, -0.2) is 62.8 Å². The predicted molar refractivity (Wildman–Crippen MR) is 190 cm³/mol. The van der Waals surface area contributed by atoms with E-state index in [0.29, 0.717) is 62.5 Å². The first-order chi connectivity index (χ1) is 23.8. The average molecular weight is 743 g/mol. The first-order valence-corrected chi connectivity index (χ1v) is 17.9. The van der Waals surface area contributed by atoms with Crippen LogP contribution in [0.2, 0.25) is 10.0 Å². The van der Waals surface area contributed by atoms with Gasteiger partial charge in [-0.3, -0.25) is 5.32 Å². The highest BCUT2D eigenvalue weighted by atomic mass is 35.5. The van der Waals surface area contributed by atoms with Gasteiger partial charge >= 0.3 is 11.9 Å². The maximum absolute atomic E-state index is 13.6. The van der Waals surface area contributed by atoms with Gasteiger partial charge in [-0.2, -0.15) is 0 Å².